The van der Waals surface area contributed by atoms with Crippen LogP contribution >= 0.6 is 0 Å². The van der Waals surface area contributed by atoms with Crippen LogP contribution in [-0.4, -0.2) is 11.2 Å². The fourth-order valence-corrected chi connectivity index (χ4v) is 2.59. The molecule has 0 bridgehead atoms. The number of allylic oxidation sites excluding steroid dienone is 3. The van der Waals surface area contributed by atoms with Crippen molar-refractivity contribution in [3.63, 3.8) is 0 Å². The fourth-order valence-electron chi connectivity index (χ4n) is 2.59. The fraction of sp³-hybridized carbons (Fsp3) is 0.250. The molecule has 0 saturated carbocycles. The summed E-state index contributed by atoms with van der Waals surface area (Å²) in [4.78, 5) is 0. The average molecular weight is 224 g/mol. The molecule has 0 fully saturated rings. The van der Waals surface area contributed by atoms with Gasteiger partial charge in [-0.25, -0.2) is 0 Å². The predicted molar refractivity (Wildman–Crippen MR) is 70.6 cm³/mol. The van der Waals surface area contributed by atoms with E-state index < -0.39 is 0 Å². The topological polar surface area (TPSA) is 20.2 Å². The summed E-state index contributed by atoms with van der Waals surface area (Å²) in [5, 5.41) is 10.3. The van der Waals surface area contributed by atoms with Crippen LogP contribution < -0.4 is 0 Å². The molecule has 0 heterocycles. The molecule has 1 nitrogen and oxygen atoms in total. The Hall–Kier alpha value is -1.60. The van der Waals surface area contributed by atoms with Crippen molar-refractivity contribution in [1.82, 2.24) is 0 Å². The summed E-state index contributed by atoms with van der Waals surface area (Å²) in [5.74, 6) is 0. The number of fused-ring (bicyclic) bond motifs is 2. The molecule has 0 amide bonds. The molecular formula is C16H16O. The standard InChI is InChI=1S/C16H16O/c17-16-11-14-7-2-1-5-12(14)9-10-13-6-3-4-8-15(13)16/h1-2,5-10,16-17H,3-4,11H2/b10-9-. The SMILES string of the molecule is OC1Cc2ccccc2/C=C\C2=CCCC=C21. The van der Waals surface area contributed by atoms with Gasteiger partial charge < -0.3 is 5.11 Å². The smallest absolute Gasteiger partial charge is 0.0833 e. The zero-order chi connectivity index (χ0) is 11.7. The molecule has 0 spiro atoms. The van der Waals surface area contributed by atoms with Crippen LogP contribution in [0.25, 0.3) is 6.08 Å². The van der Waals surface area contributed by atoms with Gasteiger partial charge in [0.1, 0.15) is 0 Å². The highest BCUT2D eigenvalue weighted by atomic mass is 16.3. The minimum absolute atomic E-state index is 0.368. The Morgan fingerprint density at radius 3 is 2.76 bits per heavy atom. The highest BCUT2D eigenvalue weighted by molar-refractivity contribution is 5.62. The maximum Gasteiger partial charge on any atom is 0.0833 e. The summed E-state index contributed by atoms with van der Waals surface area (Å²) in [6.07, 6.45) is 11.2. The molecular weight excluding hydrogens is 208 g/mol. The van der Waals surface area contributed by atoms with Crippen molar-refractivity contribution < 1.29 is 5.11 Å². The number of hydrogen-bond donors (Lipinski definition) is 1. The van der Waals surface area contributed by atoms with Gasteiger partial charge in [0.15, 0.2) is 0 Å². The van der Waals surface area contributed by atoms with Gasteiger partial charge in [-0.3, -0.25) is 0 Å². The lowest BCUT2D eigenvalue weighted by molar-refractivity contribution is 0.213. The third-order valence-electron chi connectivity index (χ3n) is 3.50. The third kappa shape index (κ3) is 1.98. The normalized spacial score (nSPS) is 24.6. The molecule has 3 rings (SSSR count). The Bertz CT molecular complexity index is 520. The second-order valence-corrected chi connectivity index (χ2v) is 4.65. The largest absolute Gasteiger partial charge is 0.388 e. The van der Waals surface area contributed by atoms with E-state index in [4.69, 9.17) is 0 Å². The molecule has 0 saturated heterocycles. The molecule has 2 aliphatic rings. The minimum Gasteiger partial charge on any atom is -0.388 e. The number of rotatable bonds is 0. The summed E-state index contributed by atoms with van der Waals surface area (Å²) in [6, 6.07) is 8.29. The molecule has 17 heavy (non-hydrogen) atoms. The summed E-state index contributed by atoms with van der Waals surface area (Å²) >= 11 is 0. The van der Waals surface area contributed by atoms with E-state index in [9.17, 15) is 5.11 Å². The molecule has 0 radical (unpaired) electrons. The summed E-state index contributed by atoms with van der Waals surface area (Å²) < 4.78 is 0. The zero-order valence-electron chi connectivity index (χ0n) is 9.76. The Kier molecular flexibility index (Phi) is 2.69. The summed E-state index contributed by atoms with van der Waals surface area (Å²) in [6.45, 7) is 0. The lowest BCUT2D eigenvalue weighted by atomic mass is 9.86. The van der Waals surface area contributed by atoms with Crippen LogP contribution in [0.5, 0.6) is 0 Å². The molecule has 1 N–H and O–H groups in total. The van der Waals surface area contributed by atoms with E-state index in [0.717, 1.165) is 18.4 Å². The first kappa shape index (κ1) is 10.5. The average Bonchev–Trinajstić information content (AvgIpc) is 2.36. The number of hydrogen-bond acceptors (Lipinski definition) is 1. The Labute approximate surface area is 102 Å². The van der Waals surface area contributed by atoms with Gasteiger partial charge in [0.25, 0.3) is 0 Å². The maximum absolute atomic E-state index is 10.3. The van der Waals surface area contributed by atoms with Crippen molar-refractivity contribution in [3.8, 4) is 0 Å². The van der Waals surface area contributed by atoms with E-state index in [1.54, 1.807) is 0 Å². The molecule has 2 aliphatic carbocycles. The van der Waals surface area contributed by atoms with Crippen LogP contribution in [0, 0.1) is 0 Å². The zero-order valence-corrected chi connectivity index (χ0v) is 9.76. The first-order valence-electron chi connectivity index (χ1n) is 6.19. The van der Waals surface area contributed by atoms with Gasteiger partial charge in [0, 0.05) is 6.42 Å². The summed E-state index contributed by atoms with van der Waals surface area (Å²) in [5.41, 5.74) is 4.74. The van der Waals surface area contributed by atoms with Gasteiger partial charge in [-0.05, 0) is 35.1 Å². The van der Waals surface area contributed by atoms with Crippen LogP contribution in [-0.2, 0) is 6.42 Å². The lowest BCUT2D eigenvalue weighted by Crippen LogP contribution is -2.18. The monoisotopic (exact) mass is 224 g/mol. The van der Waals surface area contributed by atoms with E-state index in [0.29, 0.717) is 6.42 Å². The summed E-state index contributed by atoms with van der Waals surface area (Å²) in [7, 11) is 0. The van der Waals surface area contributed by atoms with Crippen molar-refractivity contribution in [2.45, 2.75) is 25.4 Å². The molecule has 1 aromatic carbocycles. The van der Waals surface area contributed by atoms with Gasteiger partial charge in [-0.15, -0.1) is 0 Å². The molecule has 1 heteroatoms. The van der Waals surface area contributed by atoms with Gasteiger partial charge in [0.05, 0.1) is 6.10 Å². The van der Waals surface area contributed by atoms with Gasteiger partial charge >= 0.3 is 0 Å². The second-order valence-electron chi connectivity index (χ2n) is 4.65. The predicted octanol–water partition coefficient (Wildman–Crippen LogP) is 3.26. The van der Waals surface area contributed by atoms with Gasteiger partial charge in [-0.1, -0.05) is 48.6 Å². The highest BCUT2D eigenvalue weighted by Gasteiger charge is 2.19. The van der Waals surface area contributed by atoms with Crippen LogP contribution in [0.1, 0.15) is 24.0 Å². The quantitative estimate of drug-likeness (QED) is 0.717. The Balaban J connectivity index is 2.08. The Morgan fingerprint density at radius 2 is 1.82 bits per heavy atom. The molecule has 1 unspecified atom stereocenters. The van der Waals surface area contributed by atoms with Crippen LogP contribution in [0.4, 0.5) is 0 Å². The second kappa shape index (κ2) is 4.34. The van der Waals surface area contributed by atoms with E-state index >= 15 is 0 Å². The molecule has 1 atom stereocenters. The maximum atomic E-state index is 10.3. The van der Waals surface area contributed by atoms with E-state index in [1.807, 2.05) is 12.1 Å². The first-order chi connectivity index (χ1) is 8.34. The first-order valence-corrected chi connectivity index (χ1v) is 6.19. The molecule has 0 aromatic heterocycles. The van der Waals surface area contributed by atoms with Crippen molar-refractivity contribution in [1.29, 1.82) is 0 Å². The van der Waals surface area contributed by atoms with Crippen LogP contribution in [0.2, 0.25) is 0 Å². The number of aliphatic hydroxyl groups excluding tert-OH is 1. The van der Waals surface area contributed by atoms with Crippen molar-refractivity contribution in [2.75, 3.05) is 0 Å². The van der Waals surface area contributed by atoms with Crippen LogP contribution in [0.15, 0.2) is 53.6 Å². The molecule has 0 aliphatic heterocycles. The number of aliphatic hydroxyl groups is 1. The van der Waals surface area contributed by atoms with Crippen molar-refractivity contribution in [2.24, 2.45) is 0 Å². The lowest BCUT2D eigenvalue weighted by Gasteiger charge is -2.22. The molecule has 86 valence electrons. The van der Waals surface area contributed by atoms with Gasteiger partial charge in [-0.2, -0.15) is 0 Å². The van der Waals surface area contributed by atoms with E-state index in [2.05, 4.69) is 36.4 Å². The Morgan fingerprint density at radius 1 is 1.00 bits per heavy atom. The number of benzene rings is 1. The van der Waals surface area contributed by atoms with E-state index in [1.165, 1.54) is 16.7 Å². The van der Waals surface area contributed by atoms with Crippen LogP contribution in [0.3, 0.4) is 0 Å². The van der Waals surface area contributed by atoms with Crippen molar-refractivity contribution >= 4 is 6.08 Å². The molecule has 1 aromatic rings. The third-order valence-corrected chi connectivity index (χ3v) is 3.50. The minimum atomic E-state index is -0.368. The van der Waals surface area contributed by atoms with Crippen molar-refractivity contribution in [3.05, 3.63) is 64.8 Å². The van der Waals surface area contributed by atoms with Gasteiger partial charge in [0.2, 0.25) is 0 Å². The van der Waals surface area contributed by atoms with E-state index in [-0.39, 0.29) is 6.10 Å². The highest BCUT2D eigenvalue weighted by Crippen LogP contribution is 2.28.